The number of carbonyl (C=O) groups excluding carboxylic acids is 2. The summed E-state index contributed by atoms with van der Waals surface area (Å²) in [7, 11) is 3.30. The second kappa shape index (κ2) is 9.24. The minimum absolute atomic E-state index is 0.0447. The van der Waals surface area contributed by atoms with Crippen molar-refractivity contribution in [2.75, 3.05) is 53.5 Å². The van der Waals surface area contributed by atoms with E-state index >= 15 is 0 Å². The predicted molar refractivity (Wildman–Crippen MR) is 92.0 cm³/mol. The van der Waals surface area contributed by atoms with Crippen LogP contribution < -0.4 is 10.6 Å². The van der Waals surface area contributed by atoms with Crippen molar-refractivity contribution in [2.45, 2.75) is 6.54 Å². The molecule has 1 heterocycles. The van der Waals surface area contributed by atoms with Crippen LogP contribution in [0.1, 0.15) is 15.9 Å². The van der Waals surface area contributed by atoms with Crippen LogP contribution in [0, 0.1) is 0 Å². The van der Waals surface area contributed by atoms with Crippen LogP contribution in [0.3, 0.4) is 0 Å². The molecule has 1 aliphatic heterocycles. The Morgan fingerprint density at radius 1 is 1.12 bits per heavy atom. The van der Waals surface area contributed by atoms with Crippen LogP contribution in [0.5, 0.6) is 0 Å². The molecule has 0 aromatic heterocycles. The Labute approximate surface area is 142 Å². The summed E-state index contributed by atoms with van der Waals surface area (Å²) in [5.74, 6) is -0.114. The summed E-state index contributed by atoms with van der Waals surface area (Å²) in [6, 6.07) is 7.18. The zero-order chi connectivity index (χ0) is 17.4. The van der Waals surface area contributed by atoms with E-state index in [0.717, 1.165) is 44.9 Å². The number of piperazine rings is 1. The molecule has 1 saturated heterocycles. The summed E-state index contributed by atoms with van der Waals surface area (Å²) < 4.78 is 5.08. The first-order valence-corrected chi connectivity index (χ1v) is 8.19. The van der Waals surface area contributed by atoms with Gasteiger partial charge in [-0.2, -0.15) is 0 Å². The van der Waals surface area contributed by atoms with Crippen LogP contribution in [0.2, 0.25) is 0 Å². The van der Waals surface area contributed by atoms with Crippen molar-refractivity contribution in [3.63, 3.8) is 0 Å². The Morgan fingerprint density at radius 3 is 2.38 bits per heavy atom. The SMILES string of the molecule is CNC(=O)c1ccc(CNC(=O)N2CCN(CCOC)CC2)cc1. The number of hydrogen-bond acceptors (Lipinski definition) is 4. The Kier molecular flexibility index (Phi) is 7.02. The van der Waals surface area contributed by atoms with Gasteiger partial charge in [0.2, 0.25) is 0 Å². The average molecular weight is 334 g/mol. The molecule has 2 N–H and O–H groups in total. The van der Waals surface area contributed by atoms with Gasteiger partial charge in [0.25, 0.3) is 5.91 Å². The first-order chi connectivity index (χ1) is 11.6. The van der Waals surface area contributed by atoms with Gasteiger partial charge in [0.05, 0.1) is 6.61 Å². The third kappa shape index (κ3) is 5.21. The number of rotatable bonds is 6. The maximum absolute atomic E-state index is 12.2. The first kappa shape index (κ1) is 18.2. The van der Waals surface area contributed by atoms with Crippen LogP contribution in [0.15, 0.2) is 24.3 Å². The molecular formula is C17H26N4O3. The molecule has 0 spiro atoms. The number of amides is 3. The second-order valence-corrected chi connectivity index (χ2v) is 5.76. The molecular weight excluding hydrogens is 308 g/mol. The van der Waals surface area contributed by atoms with Crippen LogP contribution in [0.4, 0.5) is 4.79 Å². The molecule has 0 saturated carbocycles. The lowest BCUT2D eigenvalue weighted by Gasteiger charge is -2.34. The molecule has 1 aromatic carbocycles. The molecule has 7 heteroatoms. The Bertz CT molecular complexity index is 539. The van der Waals surface area contributed by atoms with Crippen molar-refractivity contribution in [1.29, 1.82) is 0 Å². The van der Waals surface area contributed by atoms with Crippen LogP contribution in [-0.2, 0) is 11.3 Å². The number of ether oxygens (including phenoxy) is 1. The number of nitrogens with zero attached hydrogens (tertiary/aromatic N) is 2. The van der Waals surface area contributed by atoms with Gasteiger partial charge in [-0.25, -0.2) is 4.79 Å². The normalized spacial score (nSPS) is 15.2. The second-order valence-electron chi connectivity index (χ2n) is 5.76. The molecule has 1 aromatic rings. The van der Waals surface area contributed by atoms with E-state index in [1.54, 1.807) is 26.3 Å². The highest BCUT2D eigenvalue weighted by molar-refractivity contribution is 5.93. The van der Waals surface area contributed by atoms with Crippen molar-refractivity contribution in [2.24, 2.45) is 0 Å². The van der Waals surface area contributed by atoms with E-state index in [1.807, 2.05) is 17.0 Å². The Morgan fingerprint density at radius 2 is 1.79 bits per heavy atom. The molecule has 1 aliphatic rings. The van der Waals surface area contributed by atoms with E-state index in [9.17, 15) is 9.59 Å². The molecule has 2 rings (SSSR count). The lowest BCUT2D eigenvalue weighted by Crippen LogP contribution is -2.52. The topological polar surface area (TPSA) is 73.9 Å². The maximum atomic E-state index is 12.2. The molecule has 0 aliphatic carbocycles. The van der Waals surface area contributed by atoms with Gasteiger partial charge in [0, 0.05) is 59.0 Å². The minimum atomic E-state index is -0.114. The number of benzene rings is 1. The average Bonchev–Trinajstić information content (AvgIpc) is 2.64. The molecule has 132 valence electrons. The third-order valence-electron chi connectivity index (χ3n) is 4.16. The Balaban J connectivity index is 1.74. The fourth-order valence-corrected chi connectivity index (χ4v) is 2.60. The molecule has 0 radical (unpaired) electrons. The maximum Gasteiger partial charge on any atom is 0.317 e. The van der Waals surface area contributed by atoms with Gasteiger partial charge >= 0.3 is 6.03 Å². The summed E-state index contributed by atoms with van der Waals surface area (Å²) in [5.41, 5.74) is 1.58. The van der Waals surface area contributed by atoms with E-state index in [-0.39, 0.29) is 11.9 Å². The number of hydrogen-bond donors (Lipinski definition) is 2. The summed E-state index contributed by atoms with van der Waals surface area (Å²) in [4.78, 5) is 27.8. The van der Waals surface area contributed by atoms with Crippen molar-refractivity contribution in [3.8, 4) is 0 Å². The van der Waals surface area contributed by atoms with Crippen LogP contribution >= 0.6 is 0 Å². The van der Waals surface area contributed by atoms with Crippen molar-refractivity contribution < 1.29 is 14.3 Å². The number of nitrogens with one attached hydrogen (secondary N) is 2. The number of urea groups is 1. The van der Waals surface area contributed by atoms with Crippen LogP contribution in [0.25, 0.3) is 0 Å². The standard InChI is InChI=1S/C17H26N4O3/c1-18-16(22)15-5-3-14(4-6-15)13-19-17(23)21-9-7-20(8-10-21)11-12-24-2/h3-6H,7-13H2,1-2H3,(H,18,22)(H,19,23). The molecule has 0 unspecified atom stereocenters. The van der Waals surface area contributed by atoms with Crippen molar-refractivity contribution in [1.82, 2.24) is 20.4 Å². The lowest BCUT2D eigenvalue weighted by atomic mass is 10.1. The summed E-state index contributed by atoms with van der Waals surface area (Å²) in [5, 5.41) is 5.52. The predicted octanol–water partition coefficient (Wildman–Crippen LogP) is 0.520. The van der Waals surface area contributed by atoms with Gasteiger partial charge in [0.15, 0.2) is 0 Å². The minimum Gasteiger partial charge on any atom is -0.383 e. The highest BCUT2D eigenvalue weighted by atomic mass is 16.5. The van der Waals surface area contributed by atoms with E-state index in [4.69, 9.17) is 4.74 Å². The van der Waals surface area contributed by atoms with Gasteiger partial charge < -0.3 is 20.3 Å². The smallest absolute Gasteiger partial charge is 0.317 e. The molecule has 24 heavy (non-hydrogen) atoms. The summed E-state index contributed by atoms with van der Waals surface area (Å²) in [6.45, 7) is 5.28. The number of methoxy groups -OCH3 is 1. The lowest BCUT2D eigenvalue weighted by molar-refractivity contribution is 0.0963. The zero-order valence-electron chi connectivity index (χ0n) is 14.4. The first-order valence-electron chi connectivity index (χ1n) is 8.19. The van der Waals surface area contributed by atoms with Crippen molar-refractivity contribution >= 4 is 11.9 Å². The van der Waals surface area contributed by atoms with Crippen molar-refractivity contribution in [3.05, 3.63) is 35.4 Å². The Hall–Kier alpha value is -2.12. The van der Waals surface area contributed by atoms with Gasteiger partial charge in [-0.05, 0) is 17.7 Å². The highest BCUT2D eigenvalue weighted by Crippen LogP contribution is 2.06. The molecule has 0 bridgehead atoms. The largest absolute Gasteiger partial charge is 0.383 e. The third-order valence-corrected chi connectivity index (χ3v) is 4.16. The van der Waals surface area contributed by atoms with Gasteiger partial charge in [-0.3, -0.25) is 9.69 Å². The highest BCUT2D eigenvalue weighted by Gasteiger charge is 2.20. The van der Waals surface area contributed by atoms with Crippen LogP contribution in [-0.4, -0.2) is 75.2 Å². The fraction of sp³-hybridized carbons (Fsp3) is 0.529. The monoisotopic (exact) mass is 334 g/mol. The zero-order valence-corrected chi connectivity index (χ0v) is 14.4. The van der Waals surface area contributed by atoms with Gasteiger partial charge in [-0.1, -0.05) is 12.1 Å². The van der Waals surface area contributed by atoms with E-state index in [1.165, 1.54) is 0 Å². The van der Waals surface area contributed by atoms with E-state index < -0.39 is 0 Å². The molecule has 0 atom stereocenters. The van der Waals surface area contributed by atoms with E-state index in [2.05, 4.69) is 15.5 Å². The summed E-state index contributed by atoms with van der Waals surface area (Å²) in [6.07, 6.45) is 0. The fourth-order valence-electron chi connectivity index (χ4n) is 2.60. The number of carbonyl (C=O) groups is 2. The quantitative estimate of drug-likeness (QED) is 0.795. The summed E-state index contributed by atoms with van der Waals surface area (Å²) >= 11 is 0. The van der Waals surface area contributed by atoms with E-state index in [0.29, 0.717) is 12.1 Å². The molecule has 3 amide bonds. The molecule has 1 fully saturated rings. The van der Waals surface area contributed by atoms with Gasteiger partial charge in [0.1, 0.15) is 0 Å². The van der Waals surface area contributed by atoms with Gasteiger partial charge in [-0.15, -0.1) is 0 Å². The molecule has 7 nitrogen and oxygen atoms in total.